The Hall–Kier alpha value is -4.40. The maximum Gasteiger partial charge on any atom is 0.433 e. The fraction of sp³-hybridized carbons (Fsp3) is 0.324. The average molecular weight is 768 g/mol. The van der Waals surface area contributed by atoms with E-state index in [1.54, 1.807) is 6.08 Å². The van der Waals surface area contributed by atoms with E-state index in [4.69, 9.17) is 39.5 Å². The van der Waals surface area contributed by atoms with E-state index < -0.39 is 87.0 Å². The van der Waals surface area contributed by atoms with Gasteiger partial charge in [0.05, 0.1) is 29.7 Å². The maximum absolute atomic E-state index is 14.5. The van der Waals surface area contributed by atoms with E-state index >= 15 is 0 Å². The highest BCUT2D eigenvalue weighted by Gasteiger charge is 2.77. The zero-order chi connectivity index (χ0) is 36.9. The number of hydrogen-bond acceptors (Lipinski definition) is 8. The summed E-state index contributed by atoms with van der Waals surface area (Å²) in [5, 5.41) is 12.5. The number of amides is 4. The molecule has 6 unspecified atom stereocenters. The van der Waals surface area contributed by atoms with Crippen molar-refractivity contribution in [3.8, 4) is 11.5 Å². The first kappa shape index (κ1) is 35.0. The zero-order valence-corrected chi connectivity index (χ0v) is 28.7. The fourth-order valence-corrected chi connectivity index (χ4v) is 9.05. The summed E-state index contributed by atoms with van der Waals surface area (Å²) in [6, 6.07) is 10.4. The molecule has 10 nitrogen and oxygen atoms in total. The van der Waals surface area contributed by atoms with Gasteiger partial charge in [0, 0.05) is 18.5 Å². The van der Waals surface area contributed by atoms with Gasteiger partial charge >= 0.3 is 6.18 Å². The largest absolute Gasteiger partial charge is 0.508 e. The molecule has 1 saturated carbocycles. The molecule has 0 spiro atoms. The van der Waals surface area contributed by atoms with E-state index in [1.807, 2.05) is 0 Å². The normalized spacial score (nSPS) is 28.8. The molecule has 6 atom stereocenters. The number of pyridine rings is 1. The second-order valence-electron chi connectivity index (χ2n) is 12.7. The number of methoxy groups -OCH3 is 1. The molecule has 7 rings (SSSR count). The Balaban J connectivity index is 1.37. The van der Waals surface area contributed by atoms with Crippen LogP contribution in [0, 0.1) is 23.6 Å². The van der Waals surface area contributed by atoms with E-state index in [2.05, 4.69) is 4.98 Å². The van der Waals surface area contributed by atoms with Crippen LogP contribution in [0.2, 0.25) is 5.02 Å². The Morgan fingerprint density at radius 3 is 2.31 bits per heavy atom. The van der Waals surface area contributed by atoms with Gasteiger partial charge in [0.15, 0.2) is 15.6 Å². The summed E-state index contributed by atoms with van der Waals surface area (Å²) >= 11 is 20.9. The molecule has 1 aromatic heterocycles. The molecule has 0 bridgehead atoms. The molecule has 0 radical (unpaired) electrons. The molecule has 17 heteroatoms. The van der Waals surface area contributed by atoms with E-state index in [9.17, 15) is 41.8 Å². The average Bonchev–Trinajstić information content (AvgIpc) is 3.42. The Labute approximate surface area is 302 Å². The van der Waals surface area contributed by atoms with Gasteiger partial charge in [-0.2, -0.15) is 18.2 Å². The highest BCUT2D eigenvalue weighted by atomic mass is 35.5. The Morgan fingerprint density at radius 1 is 0.980 bits per heavy atom. The third kappa shape index (κ3) is 4.86. The van der Waals surface area contributed by atoms with Gasteiger partial charge in [-0.15, -0.1) is 23.2 Å². The van der Waals surface area contributed by atoms with Crippen molar-refractivity contribution in [3.63, 3.8) is 0 Å². The molecule has 4 aliphatic rings. The molecule has 3 heterocycles. The molecule has 2 aliphatic carbocycles. The minimum absolute atomic E-state index is 0.0118. The van der Waals surface area contributed by atoms with Crippen LogP contribution in [0.5, 0.6) is 11.5 Å². The number of aromatic nitrogens is 1. The molecule has 266 valence electrons. The number of aromatic hydroxyl groups is 1. The number of benzene rings is 2. The summed E-state index contributed by atoms with van der Waals surface area (Å²) < 4.78 is 60.2. The van der Waals surface area contributed by atoms with Crippen molar-refractivity contribution in [2.75, 3.05) is 24.1 Å². The van der Waals surface area contributed by atoms with E-state index in [0.717, 1.165) is 28.1 Å². The molecular formula is C34H25Cl3F4N4O6. The van der Waals surface area contributed by atoms with Gasteiger partial charge in [-0.1, -0.05) is 29.3 Å². The van der Waals surface area contributed by atoms with Gasteiger partial charge in [0.25, 0.3) is 23.6 Å². The summed E-state index contributed by atoms with van der Waals surface area (Å²) in [6.07, 6.45) is -3.79. The lowest BCUT2D eigenvalue weighted by Crippen LogP contribution is -2.60. The van der Waals surface area contributed by atoms with Crippen molar-refractivity contribution in [2.24, 2.45) is 17.8 Å². The Kier molecular flexibility index (Phi) is 8.12. The Bertz CT molecular complexity index is 2070. The summed E-state index contributed by atoms with van der Waals surface area (Å²) in [4.78, 5) is 56.9. The summed E-state index contributed by atoms with van der Waals surface area (Å²) in [5.74, 6) is -9.84. The number of phenolic OH excluding ortho intramolecular Hbond substituents is 1. The molecule has 2 aliphatic heterocycles. The first-order valence-electron chi connectivity index (χ1n) is 15.4. The number of anilines is 2. The molecular weight excluding hydrogens is 743 g/mol. The van der Waals surface area contributed by atoms with Crippen molar-refractivity contribution in [3.05, 3.63) is 88.3 Å². The van der Waals surface area contributed by atoms with Gasteiger partial charge in [-0.3, -0.25) is 24.2 Å². The zero-order valence-electron chi connectivity index (χ0n) is 26.4. The molecule has 2 aromatic carbocycles. The van der Waals surface area contributed by atoms with E-state index in [-0.39, 0.29) is 34.2 Å². The number of ether oxygens (including phenoxy) is 1. The van der Waals surface area contributed by atoms with Crippen LogP contribution in [0.15, 0.2) is 66.2 Å². The number of hydrogen-bond donors (Lipinski definition) is 1. The van der Waals surface area contributed by atoms with E-state index in [1.165, 1.54) is 44.5 Å². The van der Waals surface area contributed by atoms with Gasteiger partial charge in [-0.05, 0) is 67.3 Å². The number of carbonyl (C=O) groups excluding carboxylic acids is 4. The smallest absolute Gasteiger partial charge is 0.433 e. The van der Waals surface area contributed by atoms with Crippen LogP contribution in [0.3, 0.4) is 0 Å². The van der Waals surface area contributed by atoms with Crippen LogP contribution in [0.1, 0.15) is 30.0 Å². The molecule has 1 N–H and O–H groups in total. The predicted molar refractivity (Wildman–Crippen MR) is 176 cm³/mol. The van der Waals surface area contributed by atoms with Crippen molar-refractivity contribution in [2.45, 2.75) is 34.7 Å². The summed E-state index contributed by atoms with van der Waals surface area (Å²) in [5.41, 5.74) is -1.05. The number of nitrogens with zero attached hydrogens (tertiary/aromatic N) is 4. The first-order valence-corrected chi connectivity index (χ1v) is 16.5. The number of alkyl halides is 5. The number of rotatable bonds is 5. The van der Waals surface area contributed by atoms with Gasteiger partial charge < -0.3 is 9.84 Å². The van der Waals surface area contributed by atoms with Gasteiger partial charge in [0.1, 0.15) is 23.0 Å². The SMILES string of the molecule is COc1cccc(O)c1C1C2=CCC3C(=O)N(N(C)c4nc(C(F)(F)F)ccc4Cl)C(=O)C3C2CC2(Cl)C(=O)N(c3ccc(F)cc3)C(=O)C12Cl. The van der Waals surface area contributed by atoms with Crippen molar-refractivity contribution < 1.29 is 46.6 Å². The van der Waals surface area contributed by atoms with Crippen LogP contribution < -0.4 is 14.6 Å². The maximum atomic E-state index is 14.5. The first-order chi connectivity index (χ1) is 24.0. The van der Waals surface area contributed by atoms with Crippen LogP contribution in [-0.2, 0) is 25.4 Å². The van der Waals surface area contributed by atoms with Crippen molar-refractivity contribution in [1.82, 2.24) is 9.99 Å². The summed E-state index contributed by atoms with van der Waals surface area (Å²) in [6.45, 7) is 0. The third-order valence-electron chi connectivity index (χ3n) is 10.1. The topological polar surface area (TPSA) is 120 Å². The molecule has 4 amide bonds. The number of allylic oxidation sites excluding steroid dienone is 2. The quantitative estimate of drug-likeness (QED) is 0.141. The van der Waals surface area contributed by atoms with Crippen LogP contribution in [0.4, 0.5) is 29.1 Å². The fourth-order valence-electron chi connectivity index (χ4n) is 7.91. The number of imide groups is 2. The minimum atomic E-state index is -4.86. The highest BCUT2D eigenvalue weighted by molar-refractivity contribution is 6.58. The number of fused-ring (bicyclic) bond motifs is 4. The number of hydrazine groups is 1. The standard InChI is InChI=1S/C34H25Cl3F4N4O6/c1-43(27-20(35)12-13-23(42-27)34(39,40)41)45-28(47)18-11-10-17-19(24(18)29(45)48)14-32(36)30(49)44(16-8-6-15(38)7-9-16)31(50)33(32,37)26(17)25-21(46)4-3-5-22(25)51-2/h3-10,12-13,18-19,24,26,46H,11,14H2,1-2H3. The molecule has 3 fully saturated rings. The number of phenols is 1. The second-order valence-corrected chi connectivity index (χ2v) is 14.3. The number of halogens is 7. The molecule has 51 heavy (non-hydrogen) atoms. The van der Waals surface area contributed by atoms with Crippen LogP contribution in [0.25, 0.3) is 0 Å². The molecule has 2 saturated heterocycles. The summed E-state index contributed by atoms with van der Waals surface area (Å²) in [7, 11) is 2.48. The van der Waals surface area contributed by atoms with Crippen LogP contribution >= 0.6 is 34.8 Å². The van der Waals surface area contributed by atoms with Crippen molar-refractivity contribution in [1.29, 1.82) is 0 Å². The lowest BCUT2D eigenvalue weighted by Gasteiger charge is -2.50. The monoisotopic (exact) mass is 766 g/mol. The Morgan fingerprint density at radius 2 is 1.67 bits per heavy atom. The lowest BCUT2D eigenvalue weighted by molar-refractivity contribution is -0.141. The third-order valence-corrected chi connectivity index (χ3v) is 11.9. The van der Waals surface area contributed by atoms with Crippen molar-refractivity contribution >= 4 is 69.9 Å². The van der Waals surface area contributed by atoms with Crippen LogP contribution in [-0.4, -0.2) is 62.6 Å². The minimum Gasteiger partial charge on any atom is -0.508 e. The van der Waals surface area contributed by atoms with Gasteiger partial charge in [-0.25, -0.2) is 14.3 Å². The number of carbonyl (C=O) groups is 4. The lowest BCUT2D eigenvalue weighted by atomic mass is 9.56. The highest BCUT2D eigenvalue weighted by Crippen LogP contribution is 2.67. The second kappa shape index (κ2) is 11.8. The predicted octanol–water partition coefficient (Wildman–Crippen LogP) is 6.22. The van der Waals surface area contributed by atoms with Gasteiger partial charge in [0.2, 0.25) is 0 Å². The molecule has 3 aromatic rings. The van der Waals surface area contributed by atoms with E-state index in [0.29, 0.717) is 16.6 Å².